The van der Waals surface area contributed by atoms with Crippen LogP contribution in [0.3, 0.4) is 0 Å². The van der Waals surface area contributed by atoms with Crippen molar-refractivity contribution in [3.63, 3.8) is 0 Å². The van der Waals surface area contributed by atoms with Crippen molar-refractivity contribution >= 4 is 23.4 Å². The van der Waals surface area contributed by atoms with Crippen molar-refractivity contribution in [2.24, 2.45) is 0 Å². The van der Waals surface area contributed by atoms with E-state index >= 15 is 0 Å². The van der Waals surface area contributed by atoms with Gasteiger partial charge in [-0.3, -0.25) is 14.9 Å². The second kappa shape index (κ2) is 6.73. The lowest BCUT2D eigenvalue weighted by molar-refractivity contribution is -0.111. The molecule has 1 saturated carbocycles. The average Bonchev–Trinajstić information content (AvgIpc) is 3.41. The minimum Gasteiger partial charge on any atom is -0.305 e. The van der Waals surface area contributed by atoms with E-state index in [9.17, 15) is 4.79 Å². The summed E-state index contributed by atoms with van der Waals surface area (Å²) < 4.78 is 0. The molecule has 2 aromatic heterocycles. The standard InChI is InChI=1S/C20H18N4O/c25-20(22-19-13-18(23-24-19)16-6-7-16)17(15-4-2-1-3-5-15)12-14-8-10-21-11-9-14/h1-5,8-13,16H,6-7H2,(H2,22,23,24,25). The Kier molecular flexibility index (Phi) is 4.12. The number of hydrogen-bond donors (Lipinski definition) is 2. The highest BCUT2D eigenvalue weighted by Crippen LogP contribution is 2.39. The quantitative estimate of drug-likeness (QED) is 0.698. The Morgan fingerprint density at radius 2 is 1.88 bits per heavy atom. The highest BCUT2D eigenvalue weighted by atomic mass is 16.1. The fraction of sp³-hybridized carbons (Fsp3) is 0.150. The van der Waals surface area contributed by atoms with Crippen LogP contribution >= 0.6 is 0 Å². The number of hydrogen-bond acceptors (Lipinski definition) is 3. The minimum atomic E-state index is -0.183. The molecule has 2 heterocycles. The second-order valence-electron chi connectivity index (χ2n) is 6.14. The molecule has 1 fully saturated rings. The summed E-state index contributed by atoms with van der Waals surface area (Å²) in [4.78, 5) is 16.9. The van der Waals surface area contributed by atoms with E-state index in [2.05, 4.69) is 20.5 Å². The average molecular weight is 330 g/mol. The van der Waals surface area contributed by atoms with Crippen LogP contribution in [0.1, 0.15) is 35.6 Å². The lowest BCUT2D eigenvalue weighted by Crippen LogP contribution is -2.14. The molecule has 0 saturated heterocycles. The van der Waals surface area contributed by atoms with E-state index in [-0.39, 0.29) is 5.91 Å². The zero-order valence-electron chi connectivity index (χ0n) is 13.6. The van der Waals surface area contributed by atoms with Gasteiger partial charge in [0, 0.05) is 35.6 Å². The van der Waals surface area contributed by atoms with Gasteiger partial charge in [-0.1, -0.05) is 30.3 Å². The second-order valence-corrected chi connectivity index (χ2v) is 6.14. The van der Waals surface area contributed by atoms with Gasteiger partial charge in [-0.2, -0.15) is 5.10 Å². The summed E-state index contributed by atoms with van der Waals surface area (Å²) in [6, 6.07) is 15.3. The van der Waals surface area contributed by atoms with Crippen molar-refractivity contribution < 1.29 is 4.79 Å². The van der Waals surface area contributed by atoms with Crippen LogP contribution in [0, 0.1) is 0 Å². The van der Waals surface area contributed by atoms with Gasteiger partial charge in [0.15, 0.2) is 5.82 Å². The van der Waals surface area contributed by atoms with Crippen LogP contribution in [0.2, 0.25) is 0 Å². The van der Waals surface area contributed by atoms with Crippen LogP contribution in [0.25, 0.3) is 11.6 Å². The van der Waals surface area contributed by atoms with Gasteiger partial charge < -0.3 is 5.32 Å². The van der Waals surface area contributed by atoms with Gasteiger partial charge in [0.1, 0.15) is 0 Å². The van der Waals surface area contributed by atoms with Gasteiger partial charge in [-0.25, -0.2) is 0 Å². The van der Waals surface area contributed by atoms with E-state index in [0.29, 0.717) is 17.3 Å². The molecule has 0 spiro atoms. The number of H-pyrrole nitrogens is 1. The van der Waals surface area contributed by atoms with E-state index in [4.69, 9.17) is 0 Å². The molecule has 1 amide bonds. The van der Waals surface area contributed by atoms with Gasteiger partial charge >= 0.3 is 0 Å². The van der Waals surface area contributed by atoms with Crippen LogP contribution in [-0.2, 0) is 4.79 Å². The predicted octanol–water partition coefficient (Wildman–Crippen LogP) is 3.86. The first-order valence-corrected chi connectivity index (χ1v) is 8.33. The Balaban J connectivity index is 1.62. The van der Waals surface area contributed by atoms with Crippen LogP contribution in [0.5, 0.6) is 0 Å². The number of anilines is 1. The molecule has 0 unspecified atom stereocenters. The summed E-state index contributed by atoms with van der Waals surface area (Å²) in [6.07, 6.45) is 7.66. The Labute approximate surface area is 145 Å². The molecule has 1 aromatic carbocycles. The number of rotatable bonds is 5. The fourth-order valence-corrected chi connectivity index (χ4v) is 2.71. The van der Waals surface area contributed by atoms with E-state index in [1.807, 2.05) is 54.6 Å². The number of aromatic nitrogens is 3. The minimum absolute atomic E-state index is 0.183. The van der Waals surface area contributed by atoms with E-state index in [1.54, 1.807) is 12.4 Å². The maximum atomic E-state index is 12.9. The third-order valence-electron chi connectivity index (χ3n) is 4.20. The molecule has 2 N–H and O–H groups in total. The van der Waals surface area contributed by atoms with Crippen molar-refractivity contribution in [2.45, 2.75) is 18.8 Å². The molecule has 1 aliphatic rings. The first-order valence-electron chi connectivity index (χ1n) is 8.33. The van der Waals surface area contributed by atoms with Gasteiger partial charge in [-0.05, 0) is 42.2 Å². The number of pyridine rings is 1. The topological polar surface area (TPSA) is 70.7 Å². The van der Waals surface area contributed by atoms with E-state index in [0.717, 1.165) is 16.8 Å². The van der Waals surface area contributed by atoms with Crippen molar-refractivity contribution in [1.29, 1.82) is 0 Å². The zero-order chi connectivity index (χ0) is 17.1. The van der Waals surface area contributed by atoms with Crippen LogP contribution < -0.4 is 5.32 Å². The molecule has 0 aliphatic heterocycles. The molecule has 3 aromatic rings. The van der Waals surface area contributed by atoms with Crippen LogP contribution in [-0.4, -0.2) is 21.1 Å². The Morgan fingerprint density at radius 1 is 1.12 bits per heavy atom. The molecule has 25 heavy (non-hydrogen) atoms. The number of amides is 1. The number of carbonyl (C=O) groups excluding carboxylic acids is 1. The van der Waals surface area contributed by atoms with E-state index < -0.39 is 0 Å². The van der Waals surface area contributed by atoms with Crippen molar-refractivity contribution in [3.05, 3.63) is 77.7 Å². The third kappa shape index (κ3) is 3.66. The highest BCUT2D eigenvalue weighted by molar-refractivity contribution is 6.29. The van der Waals surface area contributed by atoms with E-state index in [1.165, 1.54) is 12.8 Å². The summed E-state index contributed by atoms with van der Waals surface area (Å²) in [7, 11) is 0. The first kappa shape index (κ1) is 15.3. The highest BCUT2D eigenvalue weighted by Gasteiger charge is 2.26. The fourth-order valence-electron chi connectivity index (χ4n) is 2.71. The first-order chi connectivity index (χ1) is 12.3. The number of carbonyl (C=O) groups is 1. The van der Waals surface area contributed by atoms with Crippen LogP contribution in [0.15, 0.2) is 60.9 Å². The Hall–Kier alpha value is -3.21. The summed E-state index contributed by atoms with van der Waals surface area (Å²) in [5, 5.41) is 10.1. The molecular weight excluding hydrogens is 312 g/mol. The van der Waals surface area contributed by atoms with Gasteiger partial charge in [0.25, 0.3) is 5.91 Å². The molecule has 0 radical (unpaired) electrons. The largest absolute Gasteiger partial charge is 0.305 e. The molecular formula is C20H18N4O. The van der Waals surface area contributed by atoms with Gasteiger partial charge in [-0.15, -0.1) is 0 Å². The summed E-state index contributed by atoms with van der Waals surface area (Å²) in [6.45, 7) is 0. The Morgan fingerprint density at radius 3 is 2.60 bits per heavy atom. The molecule has 1 aliphatic carbocycles. The summed E-state index contributed by atoms with van der Waals surface area (Å²) in [5.74, 6) is 0.944. The lowest BCUT2D eigenvalue weighted by atomic mass is 10.0. The molecule has 5 heteroatoms. The summed E-state index contributed by atoms with van der Waals surface area (Å²) >= 11 is 0. The molecule has 0 bridgehead atoms. The number of benzene rings is 1. The predicted molar refractivity (Wildman–Crippen MR) is 97.7 cm³/mol. The SMILES string of the molecule is O=C(Nc1cc(C2CC2)[nH]n1)C(=Cc1ccncc1)c1ccccc1. The van der Waals surface area contributed by atoms with Gasteiger partial charge in [0.05, 0.1) is 0 Å². The monoisotopic (exact) mass is 330 g/mol. The van der Waals surface area contributed by atoms with Crippen molar-refractivity contribution in [2.75, 3.05) is 5.32 Å². The normalized spacial score (nSPS) is 14.3. The number of aromatic amines is 1. The van der Waals surface area contributed by atoms with Crippen molar-refractivity contribution in [1.82, 2.24) is 15.2 Å². The zero-order valence-corrected chi connectivity index (χ0v) is 13.6. The van der Waals surface area contributed by atoms with Gasteiger partial charge in [0.2, 0.25) is 0 Å². The lowest BCUT2D eigenvalue weighted by Gasteiger charge is -2.08. The smallest absolute Gasteiger partial charge is 0.257 e. The maximum Gasteiger partial charge on any atom is 0.257 e. The molecule has 5 nitrogen and oxygen atoms in total. The number of nitrogens with zero attached hydrogens (tertiary/aromatic N) is 2. The molecule has 4 rings (SSSR count). The maximum absolute atomic E-state index is 12.9. The molecule has 0 atom stereocenters. The molecule has 124 valence electrons. The Bertz CT molecular complexity index is 896. The van der Waals surface area contributed by atoms with Crippen molar-refractivity contribution in [3.8, 4) is 0 Å². The third-order valence-corrected chi connectivity index (χ3v) is 4.20. The van der Waals surface area contributed by atoms with Crippen LogP contribution in [0.4, 0.5) is 5.82 Å². The number of nitrogens with one attached hydrogen (secondary N) is 2. The summed E-state index contributed by atoms with van der Waals surface area (Å²) in [5.41, 5.74) is 3.46.